The lowest BCUT2D eigenvalue weighted by Crippen LogP contribution is -2.27. The fourth-order valence-electron chi connectivity index (χ4n) is 1.56. The molecule has 90 valence electrons. The maximum absolute atomic E-state index is 12.6. The van der Waals surface area contributed by atoms with Crippen molar-refractivity contribution in [1.82, 2.24) is 0 Å². The highest BCUT2D eigenvalue weighted by Crippen LogP contribution is 2.33. The molecule has 0 heterocycles. The van der Waals surface area contributed by atoms with Crippen molar-refractivity contribution in [1.29, 1.82) is 0 Å². The molecule has 0 saturated carbocycles. The first-order valence-electron chi connectivity index (χ1n) is 4.88. The van der Waals surface area contributed by atoms with Gasteiger partial charge < -0.3 is 10.8 Å². The topological polar surface area (TPSA) is 46.2 Å². The van der Waals surface area contributed by atoms with Crippen molar-refractivity contribution in [2.75, 3.05) is 6.61 Å². The predicted molar refractivity (Wildman–Crippen MR) is 54.9 cm³/mol. The summed E-state index contributed by atoms with van der Waals surface area (Å²) in [5.74, 6) is 0. The van der Waals surface area contributed by atoms with Crippen LogP contribution in [0.5, 0.6) is 0 Å². The van der Waals surface area contributed by atoms with Gasteiger partial charge in [0.1, 0.15) is 0 Å². The van der Waals surface area contributed by atoms with Crippen molar-refractivity contribution in [2.45, 2.75) is 25.6 Å². The Morgan fingerprint density at radius 2 is 2.00 bits per heavy atom. The second kappa shape index (κ2) is 4.84. The van der Waals surface area contributed by atoms with Gasteiger partial charge in [0.25, 0.3) is 0 Å². The number of aliphatic hydroxyl groups is 1. The maximum atomic E-state index is 12.6. The molecule has 0 fully saturated rings. The Hall–Kier alpha value is -1.07. The van der Waals surface area contributed by atoms with E-state index in [1.54, 1.807) is 6.07 Å². The molecule has 1 aromatic rings. The molecule has 0 aliphatic heterocycles. The summed E-state index contributed by atoms with van der Waals surface area (Å²) in [5.41, 5.74) is 5.56. The highest BCUT2D eigenvalue weighted by Gasteiger charge is 2.32. The Balaban J connectivity index is 3.05. The lowest BCUT2D eigenvalue weighted by atomic mass is 9.97. The van der Waals surface area contributed by atoms with E-state index in [2.05, 4.69) is 0 Å². The molecule has 0 spiro atoms. The van der Waals surface area contributed by atoms with Crippen molar-refractivity contribution in [2.24, 2.45) is 5.73 Å². The minimum absolute atomic E-state index is 0.180. The van der Waals surface area contributed by atoms with Crippen LogP contribution in [0.4, 0.5) is 13.2 Å². The van der Waals surface area contributed by atoms with Crippen LogP contribution < -0.4 is 5.73 Å². The van der Waals surface area contributed by atoms with E-state index in [0.717, 1.165) is 6.07 Å². The van der Waals surface area contributed by atoms with Crippen LogP contribution in [-0.4, -0.2) is 17.8 Å². The zero-order valence-corrected chi connectivity index (χ0v) is 8.88. The van der Waals surface area contributed by atoms with Gasteiger partial charge in [-0.1, -0.05) is 12.1 Å². The molecule has 0 bridgehead atoms. The van der Waals surface area contributed by atoms with E-state index in [-0.39, 0.29) is 18.6 Å². The van der Waals surface area contributed by atoms with Crippen LogP contribution in [-0.2, 0) is 12.6 Å². The summed E-state index contributed by atoms with van der Waals surface area (Å²) in [7, 11) is 0. The average molecular weight is 233 g/mol. The first-order valence-corrected chi connectivity index (χ1v) is 4.88. The van der Waals surface area contributed by atoms with E-state index < -0.39 is 17.8 Å². The number of aliphatic hydroxyl groups excluding tert-OH is 1. The number of hydrogen-bond acceptors (Lipinski definition) is 2. The molecular weight excluding hydrogens is 219 g/mol. The third-order valence-corrected chi connectivity index (χ3v) is 2.47. The van der Waals surface area contributed by atoms with Crippen molar-refractivity contribution >= 4 is 0 Å². The van der Waals surface area contributed by atoms with Gasteiger partial charge in [0.15, 0.2) is 0 Å². The number of nitrogens with two attached hydrogens (primary N) is 1. The highest BCUT2D eigenvalue weighted by molar-refractivity contribution is 5.36. The van der Waals surface area contributed by atoms with E-state index >= 15 is 0 Å². The standard InChI is InChI=1S/C11H14F3NO/c1-7-8(5-9(15)6-16)3-2-4-10(7)11(12,13)14/h2-4,9,16H,5-6,15H2,1H3. The number of alkyl halides is 3. The Labute approximate surface area is 91.9 Å². The summed E-state index contributed by atoms with van der Waals surface area (Å²) < 4.78 is 37.7. The quantitative estimate of drug-likeness (QED) is 0.837. The summed E-state index contributed by atoms with van der Waals surface area (Å²) in [6.07, 6.45) is -4.10. The summed E-state index contributed by atoms with van der Waals surface area (Å²) >= 11 is 0. The zero-order chi connectivity index (χ0) is 12.3. The van der Waals surface area contributed by atoms with E-state index in [4.69, 9.17) is 10.8 Å². The average Bonchev–Trinajstić information content (AvgIpc) is 2.19. The summed E-state index contributed by atoms with van der Waals surface area (Å²) in [5, 5.41) is 8.77. The lowest BCUT2D eigenvalue weighted by Gasteiger charge is -2.15. The predicted octanol–water partition coefficient (Wildman–Crippen LogP) is 1.88. The first-order chi connectivity index (χ1) is 7.36. The van der Waals surface area contributed by atoms with Crippen molar-refractivity contribution < 1.29 is 18.3 Å². The summed E-state index contributed by atoms with van der Waals surface area (Å²) in [6.45, 7) is 1.18. The summed E-state index contributed by atoms with van der Waals surface area (Å²) in [6, 6.07) is 3.47. The lowest BCUT2D eigenvalue weighted by molar-refractivity contribution is -0.138. The number of hydrogen-bond donors (Lipinski definition) is 2. The SMILES string of the molecule is Cc1c(CC(N)CO)cccc1C(F)(F)F. The van der Waals surface area contributed by atoms with Gasteiger partial charge in [0.05, 0.1) is 12.2 Å². The maximum Gasteiger partial charge on any atom is 0.416 e. The number of rotatable bonds is 3. The zero-order valence-electron chi connectivity index (χ0n) is 8.88. The molecular formula is C11H14F3NO. The molecule has 0 amide bonds. The molecule has 1 aromatic carbocycles. The normalized spacial score (nSPS) is 13.9. The fourth-order valence-corrected chi connectivity index (χ4v) is 1.56. The van der Waals surface area contributed by atoms with Gasteiger partial charge in [-0.2, -0.15) is 13.2 Å². The minimum atomic E-state index is -4.34. The monoisotopic (exact) mass is 233 g/mol. The van der Waals surface area contributed by atoms with E-state index in [1.165, 1.54) is 13.0 Å². The van der Waals surface area contributed by atoms with Crippen molar-refractivity contribution in [3.63, 3.8) is 0 Å². The molecule has 3 N–H and O–H groups in total. The Morgan fingerprint density at radius 3 is 2.50 bits per heavy atom. The molecule has 2 nitrogen and oxygen atoms in total. The van der Waals surface area contributed by atoms with Gasteiger partial charge in [0, 0.05) is 6.04 Å². The second-order valence-electron chi connectivity index (χ2n) is 3.73. The molecule has 0 aromatic heterocycles. The fraction of sp³-hybridized carbons (Fsp3) is 0.455. The molecule has 1 unspecified atom stereocenters. The molecule has 0 aliphatic rings. The first kappa shape index (κ1) is 13.0. The minimum Gasteiger partial charge on any atom is -0.395 e. The van der Waals surface area contributed by atoms with Crippen LogP contribution in [0.3, 0.4) is 0 Å². The van der Waals surface area contributed by atoms with E-state index in [0.29, 0.717) is 5.56 Å². The molecule has 0 aliphatic carbocycles. The number of halogens is 3. The van der Waals surface area contributed by atoms with Crippen LogP contribution in [0.25, 0.3) is 0 Å². The number of benzene rings is 1. The third-order valence-electron chi connectivity index (χ3n) is 2.47. The summed E-state index contributed by atoms with van der Waals surface area (Å²) in [4.78, 5) is 0. The van der Waals surface area contributed by atoms with Crippen molar-refractivity contribution in [3.05, 3.63) is 34.9 Å². The molecule has 16 heavy (non-hydrogen) atoms. The van der Waals surface area contributed by atoms with Crippen molar-refractivity contribution in [3.8, 4) is 0 Å². The van der Waals surface area contributed by atoms with Gasteiger partial charge in [-0.05, 0) is 30.5 Å². The van der Waals surface area contributed by atoms with Gasteiger partial charge in [-0.15, -0.1) is 0 Å². The molecule has 5 heteroatoms. The van der Waals surface area contributed by atoms with E-state index in [1.807, 2.05) is 0 Å². The molecule has 0 radical (unpaired) electrons. The highest BCUT2D eigenvalue weighted by atomic mass is 19.4. The van der Waals surface area contributed by atoms with Gasteiger partial charge in [0.2, 0.25) is 0 Å². The second-order valence-corrected chi connectivity index (χ2v) is 3.73. The smallest absolute Gasteiger partial charge is 0.395 e. The Morgan fingerprint density at radius 1 is 1.38 bits per heavy atom. The molecule has 0 saturated heterocycles. The molecule has 1 atom stereocenters. The van der Waals surface area contributed by atoms with Crippen LogP contribution in [0.15, 0.2) is 18.2 Å². The molecule has 1 rings (SSSR count). The van der Waals surface area contributed by atoms with Gasteiger partial charge in [-0.25, -0.2) is 0 Å². The Bertz CT molecular complexity index is 363. The van der Waals surface area contributed by atoms with Crippen LogP contribution in [0.2, 0.25) is 0 Å². The van der Waals surface area contributed by atoms with Gasteiger partial charge >= 0.3 is 6.18 Å². The third kappa shape index (κ3) is 2.96. The van der Waals surface area contributed by atoms with Gasteiger partial charge in [-0.3, -0.25) is 0 Å². The Kier molecular flexibility index (Phi) is 3.93. The largest absolute Gasteiger partial charge is 0.416 e. The van der Waals surface area contributed by atoms with Crippen LogP contribution in [0, 0.1) is 6.92 Å². The van der Waals surface area contributed by atoms with E-state index in [9.17, 15) is 13.2 Å². The van der Waals surface area contributed by atoms with Crippen LogP contribution in [0.1, 0.15) is 16.7 Å². The van der Waals surface area contributed by atoms with Crippen LogP contribution >= 0.6 is 0 Å².